The lowest BCUT2D eigenvalue weighted by molar-refractivity contribution is 0.0746. The van der Waals surface area contributed by atoms with Gasteiger partial charge in [0, 0.05) is 50.2 Å². The van der Waals surface area contributed by atoms with Gasteiger partial charge in [0.2, 0.25) is 0 Å². The highest BCUT2D eigenvalue weighted by Crippen LogP contribution is 2.15. The topological polar surface area (TPSA) is 71.3 Å². The van der Waals surface area contributed by atoms with E-state index in [1.807, 2.05) is 35.2 Å². The molecule has 1 saturated heterocycles. The Morgan fingerprint density at radius 2 is 1.56 bits per heavy atom. The molecule has 1 aromatic carbocycles. The second-order valence-electron chi connectivity index (χ2n) is 6.29. The summed E-state index contributed by atoms with van der Waals surface area (Å²) in [5.74, 6) is 0.744. The van der Waals surface area contributed by atoms with Gasteiger partial charge in [-0.15, -0.1) is 5.10 Å². The second kappa shape index (κ2) is 7.41. The van der Waals surface area contributed by atoms with Gasteiger partial charge in [-0.05, 0) is 30.3 Å². The van der Waals surface area contributed by atoms with Crippen LogP contribution in [0.15, 0.2) is 71.8 Å². The quantitative estimate of drug-likeness (QED) is 0.708. The minimum absolute atomic E-state index is 0.0132. The van der Waals surface area contributed by atoms with Crippen molar-refractivity contribution in [2.75, 3.05) is 31.1 Å². The minimum Gasteiger partial charge on any atom is -0.352 e. The maximum Gasteiger partial charge on any atom is 0.271 e. The van der Waals surface area contributed by atoms with Crippen LogP contribution in [0, 0.1) is 0 Å². The molecule has 0 aliphatic carbocycles. The van der Waals surface area contributed by atoms with Gasteiger partial charge < -0.3 is 9.80 Å². The lowest BCUT2D eigenvalue weighted by Gasteiger charge is -2.35. The first kappa shape index (κ1) is 17.0. The van der Waals surface area contributed by atoms with Crippen LogP contribution in [-0.2, 0) is 0 Å². The van der Waals surface area contributed by atoms with Gasteiger partial charge in [0.05, 0.1) is 5.69 Å². The average Bonchev–Trinajstić information content (AvgIpc) is 2.75. The van der Waals surface area contributed by atoms with Crippen molar-refractivity contribution < 1.29 is 4.79 Å². The molecule has 7 nitrogen and oxygen atoms in total. The Balaban J connectivity index is 1.49. The number of anilines is 1. The Hall–Kier alpha value is -3.48. The number of carbonyl (C=O) groups excluding carboxylic acids is 1. The Bertz CT molecular complexity index is 980. The molecule has 0 atom stereocenters. The zero-order valence-electron chi connectivity index (χ0n) is 14.7. The van der Waals surface area contributed by atoms with E-state index in [-0.39, 0.29) is 11.5 Å². The summed E-state index contributed by atoms with van der Waals surface area (Å²) in [4.78, 5) is 32.6. The highest BCUT2D eigenvalue weighted by atomic mass is 16.2. The maximum absolute atomic E-state index is 12.5. The van der Waals surface area contributed by atoms with Crippen LogP contribution in [0.1, 0.15) is 10.4 Å². The molecule has 0 N–H and O–H groups in total. The summed E-state index contributed by atoms with van der Waals surface area (Å²) in [6.45, 7) is 2.54. The first-order valence-electron chi connectivity index (χ1n) is 8.82. The molecule has 3 heterocycles. The predicted molar refractivity (Wildman–Crippen MR) is 102 cm³/mol. The third-order valence-electron chi connectivity index (χ3n) is 4.61. The third kappa shape index (κ3) is 3.57. The molecule has 0 bridgehead atoms. The number of para-hydroxylation sites is 1. The fourth-order valence-corrected chi connectivity index (χ4v) is 3.14. The van der Waals surface area contributed by atoms with E-state index in [1.165, 1.54) is 10.7 Å². The Morgan fingerprint density at radius 3 is 2.26 bits per heavy atom. The molecule has 1 amide bonds. The highest BCUT2D eigenvalue weighted by Gasteiger charge is 2.23. The van der Waals surface area contributed by atoms with Crippen LogP contribution >= 0.6 is 0 Å². The van der Waals surface area contributed by atoms with Crippen LogP contribution in [0.3, 0.4) is 0 Å². The molecule has 7 heteroatoms. The maximum atomic E-state index is 12.5. The number of hydrogen-bond acceptors (Lipinski definition) is 5. The van der Waals surface area contributed by atoms with Crippen LogP contribution in [0.2, 0.25) is 0 Å². The van der Waals surface area contributed by atoms with E-state index in [2.05, 4.69) is 15.0 Å². The number of amides is 1. The first-order valence-corrected chi connectivity index (χ1v) is 8.82. The van der Waals surface area contributed by atoms with Crippen LogP contribution < -0.4 is 10.5 Å². The summed E-state index contributed by atoms with van der Waals surface area (Å²) < 4.78 is 1.41. The largest absolute Gasteiger partial charge is 0.352 e. The molecule has 4 rings (SSSR count). The van der Waals surface area contributed by atoms with Crippen molar-refractivity contribution in [2.24, 2.45) is 0 Å². The lowest BCUT2D eigenvalue weighted by Crippen LogP contribution is -2.49. The normalized spacial score (nSPS) is 14.2. The minimum atomic E-state index is -0.170. The summed E-state index contributed by atoms with van der Waals surface area (Å²) in [6.07, 6.45) is 3.25. The molecule has 136 valence electrons. The van der Waals surface area contributed by atoms with E-state index in [0.717, 1.165) is 11.5 Å². The van der Waals surface area contributed by atoms with Crippen molar-refractivity contribution in [1.29, 1.82) is 0 Å². The van der Waals surface area contributed by atoms with Crippen LogP contribution in [0.25, 0.3) is 5.69 Å². The molecule has 0 radical (unpaired) electrons. The summed E-state index contributed by atoms with van der Waals surface area (Å²) in [5, 5.41) is 4.51. The second-order valence-corrected chi connectivity index (χ2v) is 6.29. The molecular formula is C20H19N5O2. The Labute approximate surface area is 156 Å². The van der Waals surface area contributed by atoms with Crippen molar-refractivity contribution in [3.8, 4) is 5.69 Å². The fourth-order valence-electron chi connectivity index (χ4n) is 3.14. The van der Waals surface area contributed by atoms with E-state index >= 15 is 0 Å². The number of pyridine rings is 1. The molecule has 3 aromatic rings. The SMILES string of the molecule is O=C(c1ccncc1)N1CCN(c2ccc(=O)n(-c3ccccc3)n2)CC1. The number of piperazine rings is 1. The highest BCUT2D eigenvalue weighted by molar-refractivity contribution is 5.94. The average molecular weight is 361 g/mol. The molecule has 0 spiro atoms. The number of benzene rings is 1. The van der Waals surface area contributed by atoms with Crippen molar-refractivity contribution in [3.05, 3.63) is 82.9 Å². The number of rotatable bonds is 3. The molecule has 1 aliphatic heterocycles. The van der Waals surface area contributed by atoms with Crippen molar-refractivity contribution in [1.82, 2.24) is 19.7 Å². The fraction of sp³-hybridized carbons (Fsp3) is 0.200. The van der Waals surface area contributed by atoms with Gasteiger partial charge in [-0.3, -0.25) is 14.6 Å². The third-order valence-corrected chi connectivity index (χ3v) is 4.61. The van der Waals surface area contributed by atoms with Crippen molar-refractivity contribution >= 4 is 11.7 Å². The first-order chi connectivity index (χ1) is 13.2. The van der Waals surface area contributed by atoms with Gasteiger partial charge >= 0.3 is 0 Å². The molecule has 1 fully saturated rings. The molecule has 27 heavy (non-hydrogen) atoms. The van der Waals surface area contributed by atoms with Gasteiger partial charge in [-0.2, -0.15) is 4.68 Å². The smallest absolute Gasteiger partial charge is 0.271 e. The van der Waals surface area contributed by atoms with Gasteiger partial charge in [0.15, 0.2) is 0 Å². The molecular weight excluding hydrogens is 342 g/mol. The van der Waals surface area contributed by atoms with Crippen molar-refractivity contribution in [2.45, 2.75) is 0 Å². The number of carbonyl (C=O) groups is 1. The molecule has 2 aromatic heterocycles. The van der Waals surface area contributed by atoms with E-state index in [0.29, 0.717) is 31.7 Å². The summed E-state index contributed by atoms with van der Waals surface area (Å²) >= 11 is 0. The number of nitrogens with zero attached hydrogens (tertiary/aromatic N) is 5. The van der Waals surface area contributed by atoms with Gasteiger partial charge in [-0.25, -0.2) is 0 Å². The van der Waals surface area contributed by atoms with Gasteiger partial charge in [0.1, 0.15) is 5.82 Å². The number of aromatic nitrogens is 3. The monoisotopic (exact) mass is 361 g/mol. The van der Waals surface area contributed by atoms with Gasteiger partial charge in [-0.1, -0.05) is 18.2 Å². The van der Waals surface area contributed by atoms with E-state index < -0.39 is 0 Å². The Morgan fingerprint density at radius 1 is 0.852 bits per heavy atom. The zero-order chi connectivity index (χ0) is 18.6. The van der Waals surface area contributed by atoms with Crippen LogP contribution in [0.5, 0.6) is 0 Å². The standard InChI is InChI=1S/C20H19N5O2/c26-19-7-6-18(22-25(19)17-4-2-1-3-5-17)23-12-14-24(15-13-23)20(27)16-8-10-21-11-9-16/h1-11H,12-15H2. The van der Waals surface area contributed by atoms with E-state index in [9.17, 15) is 9.59 Å². The summed E-state index contributed by atoms with van der Waals surface area (Å²) in [6, 6.07) is 16.1. The summed E-state index contributed by atoms with van der Waals surface area (Å²) in [5.41, 5.74) is 1.21. The molecule has 0 unspecified atom stereocenters. The molecule has 0 saturated carbocycles. The predicted octanol–water partition coefficient (Wildman–Crippen LogP) is 1.59. The zero-order valence-corrected chi connectivity index (χ0v) is 14.7. The van der Waals surface area contributed by atoms with Crippen LogP contribution in [-0.4, -0.2) is 51.8 Å². The van der Waals surface area contributed by atoms with Crippen molar-refractivity contribution in [3.63, 3.8) is 0 Å². The van der Waals surface area contributed by atoms with E-state index in [4.69, 9.17) is 0 Å². The Kier molecular flexibility index (Phi) is 4.65. The summed E-state index contributed by atoms with van der Waals surface area (Å²) in [7, 11) is 0. The van der Waals surface area contributed by atoms with Gasteiger partial charge in [0.25, 0.3) is 11.5 Å². The van der Waals surface area contributed by atoms with E-state index in [1.54, 1.807) is 30.6 Å². The molecule has 1 aliphatic rings. The number of hydrogen-bond donors (Lipinski definition) is 0. The lowest BCUT2D eigenvalue weighted by atomic mass is 10.2. The van der Waals surface area contributed by atoms with Crippen LogP contribution in [0.4, 0.5) is 5.82 Å².